The summed E-state index contributed by atoms with van der Waals surface area (Å²) >= 11 is 5.98. The fraction of sp³-hybridized carbons (Fsp3) is 0.176. The maximum Gasteiger partial charge on any atom is 0.228 e. The zero-order valence-corrected chi connectivity index (χ0v) is 13.8. The Balaban J connectivity index is 1.40. The molecule has 0 saturated carbocycles. The van der Waals surface area contributed by atoms with Crippen molar-refractivity contribution in [3.8, 4) is 5.69 Å². The average molecular weight is 356 g/mol. The van der Waals surface area contributed by atoms with Gasteiger partial charge in [0.2, 0.25) is 5.91 Å². The molecule has 1 atom stereocenters. The number of hydrogen-bond donors (Lipinski definition) is 1. The first-order chi connectivity index (χ1) is 12.2. The Morgan fingerprint density at radius 3 is 3.04 bits per heavy atom. The van der Waals surface area contributed by atoms with Gasteiger partial charge in [-0.1, -0.05) is 17.7 Å². The van der Waals surface area contributed by atoms with Crippen LogP contribution in [0.5, 0.6) is 0 Å². The molecule has 2 aromatic heterocycles. The fourth-order valence-corrected chi connectivity index (χ4v) is 2.96. The second-order valence-electron chi connectivity index (χ2n) is 5.64. The number of halogens is 1. The molecule has 8 heteroatoms. The smallest absolute Gasteiger partial charge is 0.228 e. The maximum absolute atomic E-state index is 12.3. The van der Waals surface area contributed by atoms with Gasteiger partial charge in [-0.15, -0.1) is 0 Å². The van der Waals surface area contributed by atoms with E-state index in [-0.39, 0.29) is 18.4 Å². The van der Waals surface area contributed by atoms with Gasteiger partial charge >= 0.3 is 0 Å². The lowest BCUT2D eigenvalue weighted by Gasteiger charge is -2.11. The molecule has 7 nitrogen and oxygen atoms in total. The summed E-state index contributed by atoms with van der Waals surface area (Å²) in [5.74, 6) is 0.317. The highest BCUT2D eigenvalue weighted by Gasteiger charge is 2.25. The van der Waals surface area contributed by atoms with Crippen LogP contribution in [0.15, 0.2) is 49.2 Å². The molecule has 3 aromatic rings. The Bertz CT molecular complexity index is 896. The highest BCUT2D eigenvalue weighted by atomic mass is 35.5. The lowest BCUT2D eigenvalue weighted by atomic mass is 10.0. The minimum atomic E-state index is -0.262. The number of benzene rings is 1. The highest BCUT2D eigenvalue weighted by Crippen LogP contribution is 2.34. The van der Waals surface area contributed by atoms with E-state index in [1.165, 1.54) is 6.33 Å². The summed E-state index contributed by atoms with van der Waals surface area (Å²) in [6.45, 7) is 0.471. The van der Waals surface area contributed by atoms with Gasteiger partial charge in [-0.3, -0.25) is 4.79 Å². The molecule has 1 N–H and O–H groups in total. The van der Waals surface area contributed by atoms with E-state index in [1.54, 1.807) is 29.3 Å². The molecule has 0 spiro atoms. The van der Waals surface area contributed by atoms with Crippen LogP contribution in [0, 0.1) is 0 Å². The van der Waals surface area contributed by atoms with Crippen LogP contribution in [0.2, 0.25) is 5.02 Å². The van der Waals surface area contributed by atoms with E-state index in [0.717, 1.165) is 16.8 Å². The van der Waals surface area contributed by atoms with Crippen molar-refractivity contribution in [3.05, 3.63) is 65.3 Å². The first kappa shape index (κ1) is 15.7. The quantitative estimate of drug-likeness (QED) is 0.778. The van der Waals surface area contributed by atoms with Crippen LogP contribution in [-0.2, 0) is 16.1 Å². The van der Waals surface area contributed by atoms with Crippen molar-refractivity contribution in [2.24, 2.45) is 0 Å². The van der Waals surface area contributed by atoms with Gasteiger partial charge in [0.1, 0.15) is 18.5 Å². The molecule has 126 valence electrons. The number of nitrogens with zero attached hydrogens (tertiary/aromatic N) is 4. The van der Waals surface area contributed by atoms with Gasteiger partial charge < -0.3 is 10.1 Å². The zero-order chi connectivity index (χ0) is 17.2. The van der Waals surface area contributed by atoms with Gasteiger partial charge in [0.25, 0.3) is 0 Å². The monoisotopic (exact) mass is 355 g/mol. The lowest BCUT2D eigenvalue weighted by Crippen LogP contribution is -2.16. The van der Waals surface area contributed by atoms with E-state index >= 15 is 0 Å². The predicted molar refractivity (Wildman–Crippen MR) is 91.4 cm³/mol. The van der Waals surface area contributed by atoms with E-state index in [9.17, 15) is 4.79 Å². The maximum atomic E-state index is 12.3. The van der Waals surface area contributed by atoms with Crippen LogP contribution >= 0.6 is 11.6 Å². The number of carbonyl (C=O) groups excluding carboxylic acids is 1. The Hall–Kier alpha value is -2.77. The molecule has 0 aliphatic carbocycles. The second-order valence-corrected chi connectivity index (χ2v) is 6.07. The molecule has 4 rings (SSSR count). The topological polar surface area (TPSA) is 81.9 Å². The van der Waals surface area contributed by atoms with E-state index < -0.39 is 0 Å². The normalized spacial score (nSPS) is 15.8. The number of fused-ring (bicyclic) bond motifs is 1. The summed E-state index contributed by atoms with van der Waals surface area (Å²) in [5.41, 5.74) is 2.80. The van der Waals surface area contributed by atoms with Crippen molar-refractivity contribution in [2.45, 2.75) is 19.1 Å². The molecule has 0 saturated heterocycles. The minimum Gasteiger partial charge on any atom is -0.368 e. The third-order valence-corrected chi connectivity index (χ3v) is 4.20. The molecule has 0 fully saturated rings. The number of pyridine rings is 1. The zero-order valence-electron chi connectivity index (χ0n) is 13.1. The minimum absolute atomic E-state index is 0.159. The van der Waals surface area contributed by atoms with Crippen LogP contribution in [0.1, 0.15) is 23.7 Å². The summed E-state index contributed by atoms with van der Waals surface area (Å²) in [4.78, 5) is 20.4. The number of anilines is 1. The summed E-state index contributed by atoms with van der Waals surface area (Å²) in [7, 11) is 0. The number of nitrogens with one attached hydrogen (secondary N) is 1. The highest BCUT2D eigenvalue weighted by molar-refractivity contribution is 6.30. The van der Waals surface area contributed by atoms with E-state index in [4.69, 9.17) is 16.3 Å². The van der Waals surface area contributed by atoms with Crippen molar-refractivity contribution < 1.29 is 9.53 Å². The second kappa shape index (κ2) is 6.62. The summed E-state index contributed by atoms with van der Waals surface area (Å²) in [6.07, 6.45) is 4.61. The number of aromatic nitrogens is 4. The fourth-order valence-electron chi connectivity index (χ4n) is 2.76. The van der Waals surface area contributed by atoms with Crippen LogP contribution in [0.4, 0.5) is 5.82 Å². The van der Waals surface area contributed by atoms with Gasteiger partial charge in [-0.05, 0) is 35.4 Å². The number of amides is 1. The van der Waals surface area contributed by atoms with Crippen LogP contribution in [0.3, 0.4) is 0 Å². The van der Waals surface area contributed by atoms with E-state index in [2.05, 4.69) is 20.4 Å². The molecular weight excluding hydrogens is 342 g/mol. The van der Waals surface area contributed by atoms with Gasteiger partial charge in [0.15, 0.2) is 0 Å². The molecule has 1 aromatic carbocycles. The molecule has 1 aliphatic rings. The molecule has 3 heterocycles. The summed E-state index contributed by atoms with van der Waals surface area (Å²) in [5, 5.41) is 7.48. The third kappa shape index (κ3) is 3.38. The standard InChI is InChI=1S/C17H14ClN5O2/c18-12-1-3-14-11(5-12)8-25-15(14)6-17(24)22-16-4-2-13(7-20-16)23-10-19-9-21-23/h1-5,7,9-10,15H,6,8H2,(H,20,22,24). The lowest BCUT2D eigenvalue weighted by molar-refractivity contribution is -0.118. The van der Waals surface area contributed by atoms with Crippen LogP contribution in [0.25, 0.3) is 5.69 Å². The molecule has 1 unspecified atom stereocenters. The number of carbonyl (C=O) groups is 1. The molecule has 25 heavy (non-hydrogen) atoms. The van der Waals surface area contributed by atoms with Gasteiger partial charge in [-0.2, -0.15) is 5.10 Å². The Kier molecular flexibility index (Phi) is 4.17. The van der Waals surface area contributed by atoms with Gasteiger partial charge in [-0.25, -0.2) is 14.6 Å². The first-order valence-electron chi connectivity index (χ1n) is 7.70. The average Bonchev–Trinajstić information content (AvgIpc) is 3.26. The summed E-state index contributed by atoms with van der Waals surface area (Å²) in [6, 6.07) is 9.12. The largest absolute Gasteiger partial charge is 0.368 e. The van der Waals surface area contributed by atoms with E-state index in [0.29, 0.717) is 17.4 Å². The summed E-state index contributed by atoms with van der Waals surface area (Å²) < 4.78 is 7.29. The molecule has 1 aliphatic heterocycles. The van der Waals surface area contributed by atoms with Gasteiger partial charge in [0, 0.05) is 5.02 Å². The van der Waals surface area contributed by atoms with Crippen molar-refractivity contribution in [3.63, 3.8) is 0 Å². The van der Waals surface area contributed by atoms with Crippen molar-refractivity contribution in [1.29, 1.82) is 0 Å². The number of hydrogen-bond acceptors (Lipinski definition) is 5. The SMILES string of the molecule is O=C(CC1OCc2cc(Cl)ccc21)Nc1ccc(-n2cncn2)cn1. The molecular formula is C17H14ClN5O2. The van der Waals surface area contributed by atoms with Crippen molar-refractivity contribution >= 4 is 23.3 Å². The number of ether oxygens (including phenoxy) is 1. The molecule has 0 radical (unpaired) electrons. The Morgan fingerprint density at radius 2 is 2.28 bits per heavy atom. The Labute approximate surface area is 148 Å². The number of rotatable bonds is 4. The third-order valence-electron chi connectivity index (χ3n) is 3.96. The van der Waals surface area contributed by atoms with Gasteiger partial charge in [0.05, 0.1) is 31.0 Å². The predicted octanol–water partition coefficient (Wildman–Crippen LogP) is 2.92. The molecule has 0 bridgehead atoms. The first-order valence-corrected chi connectivity index (χ1v) is 8.08. The Morgan fingerprint density at radius 1 is 1.36 bits per heavy atom. The van der Waals surface area contributed by atoms with Crippen molar-refractivity contribution in [1.82, 2.24) is 19.7 Å². The molecule has 1 amide bonds. The van der Waals surface area contributed by atoms with E-state index in [1.807, 2.05) is 18.2 Å². The van der Waals surface area contributed by atoms with Crippen LogP contribution in [-0.4, -0.2) is 25.7 Å². The van der Waals surface area contributed by atoms with Crippen molar-refractivity contribution in [2.75, 3.05) is 5.32 Å². The van der Waals surface area contributed by atoms with Crippen LogP contribution < -0.4 is 5.32 Å².